The zero-order chi connectivity index (χ0) is 23.3. The summed E-state index contributed by atoms with van der Waals surface area (Å²) in [5.74, 6) is -3.70. The average molecular weight is 441 g/mol. The van der Waals surface area contributed by atoms with Crippen LogP contribution < -0.4 is 16.2 Å². The van der Waals surface area contributed by atoms with Crippen molar-refractivity contribution in [2.75, 3.05) is 6.54 Å². The maximum Gasteiger partial charge on any atom is 0.322 e. The Hall–Kier alpha value is -3.62. The van der Waals surface area contributed by atoms with Crippen molar-refractivity contribution in [3.63, 3.8) is 0 Å². The summed E-state index contributed by atoms with van der Waals surface area (Å²) in [6.07, 6.45) is 5.97. The highest BCUT2D eigenvalue weighted by atomic mass is 16.4. The Balaban J connectivity index is 2.00. The SMILES string of the molecule is Cc1ccc(Cn2cc(C(=O)NC3CCCCC3)c(O)c(C(=O)NCC(=O)O)c2=O)cc1. The van der Waals surface area contributed by atoms with Crippen LogP contribution in [0.2, 0.25) is 0 Å². The number of carboxylic acids is 1. The van der Waals surface area contributed by atoms with E-state index in [0.717, 1.165) is 43.2 Å². The van der Waals surface area contributed by atoms with Crippen molar-refractivity contribution >= 4 is 17.8 Å². The number of nitrogens with zero attached hydrogens (tertiary/aromatic N) is 1. The van der Waals surface area contributed by atoms with E-state index in [2.05, 4.69) is 10.6 Å². The summed E-state index contributed by atoms with van der Waals surface area (Å²) in [6, 6.07) is 7.34. The normalized spacial score (nSPS) is 14.0. The molecule has 0 atom stereocenters. The number of carboxylic acid groups (broad SMARTS) is 1. The van der Waals surface area contributed by atoms with Crippen molar-refractivity contribution < 1.29 is 24.6 Å². The summed E-state index contributed by atoms with van der Waals surface area (Å²) in [7, 11) is 0. The fourth-order valence-electron chi connectivity index (χ4n) is 3.79. The first kappa shape index (κ1) is 23.1. The van der Waals surface area contributed by atoms with Gasteiger partial charge >= 0.3 is 5.97 Å². The minimum atomic E-state index is -1.30. The number of rotatable bonds is 7. The lowest BCUT2D eigenvalue weighted by molar-refractivity contribution is -0.135. The molecule has 0 aliphatic heterocycles. The average Bonchev–Trinajstić information content (AvgIpc) is 2.76. The van der Waals surface area contributed by atoms with E-state index in [1.807, 2.05) is 31.2 Å². The number of carbonyl (C=O) groups excluding carboxylic acids is 2. The lowest BCUT2D eigenvalue weighted by Crippen LogP contribution is -2.39. The number of aliphatic carboxylic acids is 1. The zero-order valence-corrected chi connectivity index (χ0v) is 17.9. The summed E-state index contributed by atoms with van der Waals surface area (Å²) in [5.41, 5.74) is 0.115. The van der Waals surface area contributed by atoms with Crippen molar-refractivity contribution in [1.29, 1.82) is 0 Å². The quantitative estimate of drug-likeness (QED) is 0.517. The number of carbonyl (C=O) groups is 3. The monoisotopic (exact) mass is 441 g/mol. The van der Waals surface area contributed by atoms with Gasteiger partial charge in [-0.1, -0.05) is 49.1 Å². The van der Waals surface area contributed by atoms with Gasteiger partial charge in [0.15, 0.2) is 0 Å². The van der Waals surface area contributed by atoms with Crippen LogP contribution in [0.1, 0.15) is 63.9 Å². The first-order valence-electron chi connectivity index (χ1n) is 10.6. The van der Waals surface area contributed by atoms with Gasteiger partial charge in [0.05, 0.1) is 12.1 Å². The molecule has 3 rings (SSSR count). The number of hydrogen-bond acceptors (Lipinski definition) is 5. The molecule has 0 spiro atoms. The summed E-state index contributed by atoms with van der Waals surface area (Å²) in [6.45, 7) is 1.27. The van der Waals surface area contributed by atoms with Gasteiger partial charge in [0.1, 0.15) is 17.9 Å². The van der Waals surface area contributed by atoms with E-state index < -0.39 is 41.2 Å². The van der Waals surface area contributed by atoms with Gasteiger partial charge in [-0.25, -0.2) is 0 Å². The molecule has 2 aromatic rings. The summed E-state index contributed by atoms with van der Waals surface area (Å²) < 4.78 is 1.18. The molecule has 9 nitrogen and oxygen atoms in total. The Morgan fingerprint density at radius 1 is 1.06 bits per heavy atom. The van der Waals surface area contributed by atoms with Crippen molar-refractivity contribution in [2.45, 2.75) is 51.6 Å². The fraction of sp³-hybridized carbons (Fsp3) is 0.391. The van der Waals surface area contributed by atoms with Crippen LogP contribution in [0.5, 0.6) is 5.75 Å². The second kappa shape index (κ2) is 10.1. The topological polar surface area (TPSA) is 138 Å². The second-order valence-electron chi connectivity index (χ2n) is 8.07. The van der Waals surface area contributed by atoms with E-state index in [4.69, 9.17) is 5.11 Å². The van der Waals surface area contributed by atoms with Crippen LogP contribution in [0.15, 0.2) is 35.3 Å². The Morgan fingerprint density at radius 3 is 2.34 bits per heavy atom. The predicted molar refractivity (Wildman–Crippen MR) is 117 cm³/mol. The highest BCUT2D eigenvalue weighted by molar-refractivity contribution is 6.04. The molecule has 170 valence electrons. The van der Waals surface area contributed by atoms with E-state index in [-0.39, 0.29) is 18.2 Å². The van der Waals surface area contributed by atoms with Gasteiger partial charge in [-0.3, -0.25) is 19.2 Å². The number of aromatic nitrogens is 1. The number of benzene rings is 1. The van der Waals surface area contributed by atoms with Crippen LogP contribution in [-0.4, -0.2) is 45.2 Å². The fourth-order valence-corrected chi connectivity index (χ4v) is 3.79. The van der Waals surface area contributed by atoms with Crippen molar-refractivity contribution in [3.05, 3.63) is 63.1 Å². The summed E-state index contributed by atoms with van der Waals surface area (Å²) in [5, 5.41) is 24.4. The molecule has 0 bridgehead atoms. The molecule has 1 heterocycles. The maximum absolute atomic E-state index is 13.0. The van der Waals surface area contributed by atoms with Crippen LogP contribution in [-0.2, 0) is 11.3 Å². The number of nitrogens with one attached hydrogen (secondary N) is 2. The number of amides is 2. The molecular weight excluding hydrogens is 414 g/mol. The molecular formula is C23H27N3O6. The number of pyridine rings is 1. The molecule has 0 saturated heterocycles. The number of hydrogen-bond donors (Lipinski definition) is 4. The van der Waals surface area contributed by atoms with Crippen LogP contribution in [0.4, 0.5) is 0 Å². The lowest BCUT2D eigenvalue weighted by Gasteiger charge is -2.23. The molecule has 1 saturated carbocycles. The molecule has 1 aliphatic rings. The summed E-state index contributed by atoms with van der Waals surface area (Å²) in [4.78, 5) is 49.2. The first-order valence-corrected chi connectivity index (χ1v) is 10.6. The smallest absolute Gasteiger partial charge is 0.322 e. The third-order valence-electron chi connectivity index (χ3n) is 5.54. The van der Waals surface area contributed by atoms with E-state index in [0.29, 0.717) is 0 Å². The third-order valence-corrected chi connectivity index (χ3v) is 5.54. The Bertz CT molecular complexity index is 1070. The molecule has 1 fully saturated rings. The molecule has 1 aliphatic carbocycles. The first-order chi connectivity index (χ1) is 15.3. The van der Waals surface area contributed by atoms with E-state index in [1.165, 1.54) is 10.8 Å². The van der Waals surface area contributed by atoms with Gasteiger partial charge in [0.2, 0.25) is 0 Å². The molecule has 2 amide bonds. The maximum atomic E-state index is 13.0. The molecule has 1 aromatic heterocycles. The second-order valence-corrected chi connectivity index (χ2v) is 8.07. The van der Waals surface area contributed by atoms with Gasteiger partial charge in [-0.15, -0.1) is 0 Å². The molecule has 1 aromatic carbocycles. The van der Waals surface area contributed by atoms with E-state index in [1.54, 1.807) is 0 Å². The van der Waals surface area contributed by atoms with Gasteiger partial charge in [0, 0.05) is 12.2 Å². The van der Waals surface area contributed by atoms with Gasteiger partial charge in [-0.2, -0.15) is 0 Å². The highest BCUT2D eigenvalue weighted by Crippen LogP contribution is 2.22. The third kappa shape index (κ3) is 5.54. The van der Waals surface area contributed by atoms with Crippen LogP contribution >= 0.6 is 0 Å². The molecule has 0 unspecified atom stereocenters. The van der Waals surface area contributed by atoms with Crippen molar-refractivity contribution in [3.8, 4) is 5.75 Å². The van der Waals surface area contributed by atoms with Gasteiger partial charge in [0.25, 0.3) is 17.4 Å². The lowest BCUT2D eigenvalue weighted by atomic mass is 9.95. The van der Waals surface area contributed by atoms with Crippen LogP contribution in [0.3, 0.4) is 0 Å². The molecule has 0 radical (unpaired) electrons. The zero-order valence-electron chi connectivity index (χ0n) is 17.9. The molecule has 9 heteroatoms. The standard InChI is InChI=1S/C23H27N3O6/c1-14-7-9-15(10-8-14)12-26-13-17(21(30)25-16-5-3-2-4-6-16)20(29)19(23(26)32)22(31)24-11-18(27)28/h7-10,13,16,29H,2-6,11-12H2,1H3,(H,24,31)(H,25,30)(H,27,28). The largest absolute Gasteiger partial charge is 0.506 e. The van der Waals surface area contributed by atoms with E-state index in [9.17, 15) is 24.3 Å². The Kier molecular flexibility index (Phi) is 7.29. The van der Waals surface area contributed by atoms with Crippen LogP contribution in [0.25, 0.3) is 0 Å². The van der Waals surface area contributed by atoms with E-state index >= 15 is 0 Å². The summed E-state index contributed by atoms with van der Waals surface area (Å²) >= 11 is 0. The van der Waals surface area contributed by atoms with Crippen molar-refractivity contribution in [2.24, 2.45) is 0 Å². The van der Waals surface area contributed by atoms with Gasteiger partial charge < -0.3 is 25.4 Å². The predicted octanol–water partition coefficient (Wildman–Crippen LogP) is 1.79. The van der Waals surface area contributed by atoms with Gasteiger partial charge in [-0.05, 0) is 25.3 Å². The highest BCUT2D eigenvalue weighted by Gasteiger charge is 2.26. The number of aromatic hydroxyl groups is 1. The molecule has 32 heavy (non-hydrogen) atoms. The minimum absolute atomic E-state index is 0.0441. The minimum Gasteiger partial charge on any atom is -0.506 e. The van der Waals surface area contributed by atoms with Crippen LogP contribution in [0, 0.1) is 6.92 Å². The van der Waals surface area contributed by atoms with Crippen molar-refractivity contribution in [1.82, 2.24) is 15.2 Å². The Morgan fingerprint density at radius 2 is 1.72 bits per heavy atom. The Labute approximate surface area is 185 Å². The number of aryl methyl sites for hydroxylation is 1. The molecule has 4 N–H and O–H groups in total.